The predicted molar refractivity (Wildman–Crippen MR) is 75.8 cm³/mol. The first-order valence-electron chi connectivity index (χ1n) is 5.66. The minimum Gasteiger partial charge on any atom is -1.00 e. The van der Waals surface area contributed by atoms with Crippen molar-refractivity contribution < 1.29 is 27.0 Å². The van der Waals surface area contributed by atoms with Gasteiger partial charge in [0, 0.05) is 0 Å². The average molecular weight is 352 g/mol. The van der Waals surface area contributed by atoms with Crippen LogP contribution in [0.1, 0.15) is 0 Å². The summed E-state index contributed by atoms with van der Waals surface area (Å²) in [6.07, 6.45) is 5.22. The molecule has 6 nitrogen and oxygen atoms in total. The van der Waals surface area contributed by atoms with E-state index in [0.29, 0.717) is 5.06 Å². The molecule has 2 aromatic rings. The van der Waals surface area contributed by atoms with Gasteiger partial charge < -0.3 is 18.1 Å². The van der Waals surface area contributed by atoms with Gasteiger partial charge in [-0.15, -0.1) is 0 Å². The van der Waals surface area contributed by atoms with Crippen molar-refractivity contribution in [1.29, 1.82) is 0 Å². The van der Waals surface area contributed by atoms with Crippen molar-refractivity contribution in [3.05, 3.63) is 40.9 Å². The molecule has 0 radical (unpaired) electrons. The van der Waals surface area contributed by atoms with Crippen molar-refractivity contribution in [2.75, 3.05) is 10.8 Å². The Bertz CT molecular complexity index is 637. The molecule has 21 heavy (non-hydrogen) atoms. The monoisotopic (exact) mass is 350 g/mol. The van der Waals surface area contributed by atoms with Gasteiger partial charge in [0.2, 0.25) is 6.33 Å². The lowest BCUT2D eigenvalue weighted by molar-refractivity contribution is -0.671. The predicted octanol–water partition coefficient (Wildman–Crippen LogP) is -1.37. The molecule has 1 aromatic heterocycles. The van der Waals surface area contributed by atoms with Gasteiger partial charge in [0.25, 0.3) is 5.91 Å². The molecule has 1 aromatic carbocycles. The van der Waals surface area contributed by atoms with E-state index in [1.54, 1.807) is 27.9 Å². The zero-order chi connectivity index (χ0) is 14.9. The lowest BCUT2D eigenvalue weighted by atomic mass is 10.2. The van der Waals surface area contributed by atoms with Gasteiger partial charge in [0.05, 0.1) is 28.5 Å². The van der Waals surface area contributed by atoms with E-state index in [2.05, 4.69) is 0 Å². The number of imidazole rings is 1. The number of nitrogen functional groups attached to an aromatic ring is 1. The Hall–Kier alpha value is -1.47. The van der Waals surface area contributed by atoms with E-state index in [-0.39, 0.29) is 40.4 Å². The second-order valence-corrected chi connectivity index (χ2v) is 5.09. The van der Waals surface area contributed by atoms with Crippen molar-refractivity contribution in [3.63, 3.8) is 0 Å². The zero-order valence-electron chi connectivity index (χ0n) is 11.0. The minimum absolute atomic E-state index is 0. The van der Waals surface area contributed by atoms with Crippen LogP contribution in [0.25, 0.3) is 0 Å². The molecule has 0 atom stereocenters. The molecule has 0 aliphatic carbocycles. The summed E-state index contributed by atoms with van der Waals surface area (Å²) in [6.45, 7) is -0.0169. The average Bonchev–Trinajstić information content (AvgIpc) is 2.79. The number of aromatic nitrogens is 2. The van der Waals surface area contributed by atoms with Gasteiger partial charge in [-0.3, -0.25) is 10.0 Å². The summed E-state index contributed by atoms with van der Waals surface area (Å²) in [5.41, 5.74) is 5.96. The minimum atomic E-state index is -0.530. The third kappa shape index (κ3) is 4.01. The standard InChI is InChI=1S/C12H13Cl2N4O2.ClH/c1-16-2-3-17(7-16)6-11(19)18(20)8-4-9(13)12(15)10(14)5-8;/h2-5,7,20H,6,15H2,1H3;1H/q+1;/p-1. The maximum Gasteiger partial charge on any atom is 0.292 e. The molecule has 1 amide bonds. The van der Waals surface area contributed by atoms with Gasteiger partial charge >= 0.3 is 0 Å². The fraction of sp³-hybridized carbons (Fsp3) is 0.167. The van der Waals surface area contributed by atoms with Crippen LogP contribution in [-0.2, 0) is 18.4 Å². The molecule has 2 rings (SSSR count). The van der Waals surface area contributed by atoms with E-state index < -0.39 is 5.91 Å². The molecular weight excluding hydrogens is 339 g/mol. The SMILES string of the molecule is C[n+]1ccn(CC(=O)N(O)c2cc(Cl)c(N)c(Cl)c2)c1.[Cl-]. The van der Waals surface area contributed by atoms with Crippen molar-refractivity contribution in [1.82, 2.24) is 4.57 Å². The van der Waals surface area contributed by atoms with Crippen LogP contribution >= 0.6 is 23.2 Å². The van der Waals surface area contributed by atoms with Crippen LogP contribution in [0.3, 0.4) is 0 Å². The van der Waals surface area contributed by atoms with Gasteiger partial charge in [-0.25, -0.2) is 9.13 Å². The van der Waals surface area contributed by atoms with E-state index in [4.69, 9.17) is 28.9 Å². The third-order valence-corrected chi connectivity index (χ3v) is 3.31. The van der Waals surface area contributed by atoms with Crippen LogP contribution in [0.2, 0.25) is 10.0 Å². The summed E-state index contributed by atoms with van der Waals surface area (Å²) in [5.74, 6) is -0.530. The maximum absolute atomic E-state index is 12.0. The molecule has 0 unspecified atom stereocenters. The smallest absolute Gasteiger partial charge is 0.292 e. The highest BCUT2D eigenvalue weighted by Crippen LogP contribution is 2.32. The summed E-state index contributed by atoms with van der Waals surface area (Å²) < 4.78 is 3.41. The number of carbonyl (C=O) groups is 1. The zero-order valence-corrected chi connectivity index (χ0v) is 13.3. The first-order valence-corrected chi connectivity index (χ1v) is 6.41. The molecule has 0 spiro atoms. The van der Waals surface area contributed by atoms with Gasteiger partial charge in [0.1, 0.15) is 12.4 Å². The molecule has 0 aliphatic rings. The van der Waals surface area contributed by atoms with E-state index in [9.17, 15) is 10.0 Å². The van der Waals surface area contributed by atoms with E-state index in [1.165, 1.54) is 12.1 Å². The second-order valence-electron chi connectivity index (χ2n) is 4.28. The van der Waals surface area contributed by atoms with Crippen LogP contribution in [0, 0.1) is 0 Å². The Morgan fingerprint density at radius 2 is 2.00 bits per heavy atom. The number of hydroxylamine groups is 1. The molecule has 1 heterocycles. The molecule has 3 N–H and O–H groups in total. The number of anilines is 2. The fourth-order valence-electron chi connectivity index (χ4n) is 1.66. The summed E-state index contributed by atoms with van der Waals surface area (Å²) >= 11 is 11.7. The van der Waals surface area contributed by atoms with Gasteiger partial charge in [-0.05, 0) is 12.1 Å². The maximum atomic E-state index is 12.0. The fourth-order valence-corrected chi connectivity index (χ4v) is 2.13. The Labute approximate surface area is 137 Å². The Kier molecular flexibility index (Phi) is 5.86. The second kappa shape index (κ2) is 7.00. The van der Waals surface area contributed by atoms with E-state index in [1.807, 2.05) is 7.05 Å². The number of nitrogens with two attached hydrogens (primary N) is 1. The third-order valence-electron chi connectivity index (χ3n) is 2.69. The topological polar surface area (TPSA) is 75.4 Å². The van der Waals surface area contributed by atoms with Gasteiger partial charge in [-0.2, -0.15) is 5.06 Å². The van der Waals surface area contributed by atoms with Crippen LogP contribution < -0.4 is 27.8 Å². The number of nitrogens with zero attached hydrogens (tertiary/aromatic N) is 3. The first kappa shape index (κ1) is 17.6. The molecule has 0 fully saturated rings. The first-order chi connectivity index (χ1) is 9.38. The number of hydrogen-bond donors (Lipinski definition) is 2. The highest BCUT2D eigenvalue weighted by atomic mass is 35.5. The van der Waals surface area contributed by atoms with Crippen LogP contribution in [0.5, 0.6) is 0 Å². The summed E-state index contributed by atoms with van der Waals surface area (Å²) in [5, 5.41) is 10.7. The highest BCUT2D eigenvalue weighted by Gasteiger charge is 2.18. The summed E-state index contributed by atoms with van der Waals surface area (Å²) in [7, 11) is 1.83. The van der Waals surface area contributed by atoms with Crippen molar-refractivity contribution in [2.45, 2.75) is 6.54 Å². The van der Waals surface area contributed by atoms with Crippen LogP contribution in [0.15, 0.2) is 30.9 Å². The Morgan fingerprint density at radius 3 is 2.48 bits per heavy atom. The van der Waals surface area contributed by atoms with E-state index >= 15 is 0 Å². The number of aryl methyl sites for hydroxylation is 1. The number of halogens is 3. The molecular formula is C12H13Cl3N4O2. The summed E-state index contributed by atoms with van der Waals surface area (Å²) in [4.78, 5) is 12.0. The number of hydrogen-bond acceptors (Lipinski definition) is 3. The molecule has 9 heteroatoms. The Balaban J connectivity index is 0.00000220. The largest absolute Gasteiger partial charge is 1.00 e. The summed E-state index contributed by atoms with van der Waals surface area (Å²) in [6, 6.07) is 2.74. The quantitative estimate of drug-likeness (QED) is 0.310. The number of rotatable bonds is 3. The number of amides is 1. The van der Waals surface area contributed by atoms with Crippen molar-refractivity contribution >= 4 is 40.5 Å². The number of benzene rings is 1. The van der Waals surface area contributed by atoms with Crippen molar-refractivity contribution in [2.24, 2.45) is 7.05 Å². The Morgan fingerprint density at radius 1 is 1.43 bits per heavy atom. The van der Waals surface area contributed by atoms with E-state index in [0.717, 1.165) is 0 Å². The molecule has 114 valence electrons. The van der Waals surface area contributed by atoms with Crippen LogP contribution in [-0.4, -0.2) is 15.7 Å². The van der Waals surface area contributed by atoms with Gasteiger partial charge in [-0.1, -0.05) is 23.2 Å². The van der Waals surface area contributed by atoms with Crippen molar-refractivity contribution in [3.8, 4) is 0 Å². The highest BCUT2D eigenvalue weighted by molar-refractivity contribution is 6.39. The van der Waals surface area contributed by atoms with Gasteiger partial charge in [0.15, 0.2) is 6.54 Å². The normalized spacial score (nSPS) is 10.1. The molecule has 0 aliphatic heterocycles. The van der Waals surface area contributed by atoms with Crippen LogP contribution in [0.4, 0.5) is 11.4 Å². The molecule has 0 saturated heterocycles. The lowest BCUT2D eigenvalue weighted by Crippen LogP contribution is -3.00. The number of carbonyl (C=O) groups excluding carboxylic acids is 1. The lowest BCUT2D eigenvalue weighted by Gasteiger charge is -2.15. The molecule has 0 saturated carbocycles. The molecule has 0 bridgehead atoms.